The third-order valence-corrected chi connectivity index (χ3v) is 5.69. The molecule has 1 aliphatic carbocycles. The topological polar surface area (TPSA) is 44.8 Å². The monoisotopic (exact) mass is 415 g/mol. The van der Waals surface area contributed by atoms with Crippen LogP contribution in [0.25, 0.3) is 0 Å². The standard InChI is InChI=1S/C23H29N3O2.ClH/c1-28-22-10-6-5-9-20(22)21-15-24-13-14-25(21)17-23(27)26(19-11-12-19)16-18-7-3-2-4-8-18;/h2-10,19,21,24H,11-17H2,1H3;1H. The van der Waals surface area contributed by atoms with Crippen LogP contribution in [0.4, 0.5) is 0 Å². The zero-order valence-corrected chi connectivity index (χ0v) is 17.7. The summed E-state index contributed by atoms with van der Waals surface area (Å²) in [6.45, 7) is 3.75. The minimum atomic E-state index is 0. The van der Waals surface area contributed by atoms with E-state index < -0.39 is 0 Å². The SMILES string of the molecule is COc1ccccc1C1CNCCN1CC(=O)N(Cc1ccccc1)C1CC1.Cl. The van der Waals surface area contributed by atoms with E-state index in [1.807, 2.05) is 36.4 Å². The van der Waals surface area contributed by atoms with Crippen LogP contribution in [-0.4, -0.2) is 55.0 Å². The van der Waals surface area contributed by atoms with Crippen molar-refractivity contribution in [3.63, 3.8) is 0 Å². The Hall–Kier alpha value is -2.08. The van der Waals surface area contributed by atoms with E-state index in [4.69, 9.17) is 4.74 Å². The summed E-state index contributed by atoms with van der Waals surface area (Å²) in [6.07, 6.45) is 2.24. The fourth-order valence-corrected chi connectivity index (χ4v) is 4.04. The molecule has 1 saturated carbocycles. The summed E-state index contributed by atoms with van der Waals surface area (Å²) in [4.78, 5) is 17.6. The molecule has 1 N–H and O–H groups in total. The molecular weight excluding hydrogens is 386 g/mol. The van der Waals surface area contributed by atoms with Crippen LogP contribution in [-0.2, 0) is 11.3 Å². The first-order chi connectivity index (χ1) is 13.8. The summed E-state index contributed by atoms with van der Waals surface area (Å²) in [5.74, 6) is 1.12. The van der Waals surface area contributed by atoms with Crippen LogP contribution in [0.3, 0.4) is 0 Å². The van der Waals surface area contributed by atoms with Crippen LogP contribution >= 0.6 is 12.4 Å². The molecule has 0 aromatic heterocycles. The van der Waals surface area contributed by atoms with Crippen LogP contribution < -0.4 is 10.1 Å². The van der Waals surface area contributed by atoms with Gasteiger partial charge in [-0.3, -0.25) is 9.69 Å². The number of nitrogens with zero attached hydrogens (tertiary/aromatic N) is 2. The number of benzene rings is 2. The molecule has 1 unspecified atom stereocenters. The first-order valence-electron chi connectivity index (χ1n) is 10.2. The Labute approximate surface area is 179 Å². The zero-order chi connectivity index (χ0) is 19.3. The number of hydrogen-bond acceptors (Lipinski definition) is 4. The lowest BCUT2D eigenvalue weighted by atomic mass is 10.0. The highest BCUT2D eigenvalue weighted by Gasteiger charge is 2.35. The van der Waals surface area contributed by atoms with Crippen molar-refractivity contribution in [2.24, 2.45) is 0 Å². The van der Waals surface area contributed by atoms with E-state index in [1.165, 1.54) is 5.56 Å². The van der Waals surface area contributed by atoms with Gasteiger partial charge in [-0.1, -0.05) is 48.5 Å². The van der Waals surface area contributed by atoms with E-state index in [2.05, 4.69) is 33.3 Å². The van der Waals surface area contributed by atoms with Gasteiger partial charge in [-0.05, 0) is 24.5 Å². The Kier molecular flexibility index (Phi) is 7.53. The van der Waals surface area contributed by atoms with Crippen LogP contribution in [0.5, 0.6) is 5.75 Å². The molecule has 1 amide bonds. The Morgan fingerprint density at radius 3 is 2.59 bits per heavy atom. The first-order valence-corrected chi connectivity index (χ1v) is 10.2. The van der Waals surface area contributed by atoms with Gasteiger partial charge < -0.3 is 15.0 Å². The van der Waals surface area contributed by atoms with Crippen LogP contribution in [0, 0.1) is 0 Å². The molecule has 0 spiro atoms. The Balaban J connectivity index is 0.00000240. The number of methoxy groups -OCH3 is 1. The number of piperazine rings is 1. The lowest BCUT2D eigenvalue weighted by Gasteiger charge is -2.37. The van der Waals surface area contributed by atoms with Crippen LogP contribution in [0.1, 0.15) is 30.0 Å². The normalized spacial score (nSPS) is 19.3. The molecule has 5 nitrogen and oxygen atoms in total. The average molecular weight is 416 g/mol. The van der Waals surface area contributed by atoms with Gasteiger partial charge in [0.2, 0.25) is 5.91 Å². The van der Waals surface area contributed by atoms with E-state index in [1.54, 1.807) is 7.11 Å². The second kappa shape index (κ2) is 10.1. The van der Waals surface area contributed by atoms with Gasteiger partial charge in [0.1, 0.15) is 5.75 Å². The molecule has 2 aliphatic rings. The lowest BCUT2D eigenvalue weighted by molar-refractivity contribution is -0.134. The molecule has 1 heterocycles. The smallest absolute Gasteiger partial charge is 0.237 e. The molecule has 2 fully saturated rings. The molecule has 1 aliphatic heterocycles. The predicted molar refractivity (Wildman–Crippen MR) is 117 cm³/mol. The minimum absolute atomic E-state index is 0. The maximum absolute atomic E-state index is 13.3. The summed E-state index contributed by atoms with van der Waals surface area (Å²) in [7, 11) is 1.71. The number of halogens is 1. The molecule has 2 aromatic carbocycles. The van der Waals surface area contributed by atoms with Crippen molar-refractivity contribution >= 4 is 18.3 Å². The average Bonchev–Trinajstić information content (AvgIpc) is 3.58. The number of carbonyl (C=O) groups excluding carboxylic acids is 1. The van der Waals surface area contributed by atoms with Crippen molar-refractivity contribution in [1.29, 1.82) is 0 Å². The van der Waals surface area contributed by atoms with Crippen molar-refractivity contribution in [2.45, 2.75) is 31.5 Å². The predicted octanol–water partition coefficient (Wildman–Crippen LogP) is 3.25. The second-order valence-electron chi connectivity index (χ2n) is 7.67. The van der Waals surface area contributed by atoms with Crippen molar-refractivity contribution in [1.82, 2.24) is 15.1 Å². The quantitative estimate of drug-likeness (QED) is 0.753. The van der Waals surface area contributed by atoms with E-state index in [9.17, 15) is 4.79 Å². The number of carbonyl (C=O) groups is 1. The molecular formula is C23H30ClN3O2. The van der Waals surface area contributed by atoms with Gasteiger partial charge in [-0.15, -0.1) is 12.4 Å². The van der Waals surface area contributed by atoms with Crippen molar-refractivity contribution in [3.8, 4) is 5.75 Å². The number of hydrogen-bond donors (Lipinski definition) is 1. The molecule has 6 heteroatoms. The second-order valence-corrected chi connectivity index (χ2v) is 7.67. The third kappa shape index (κ3) is 5.30. The molecule has 0 bridgehead atoms. The van der Waals surface area contributed by atoms with Crippen molar-refractivity contribution < 1.29 is 9.53 Å². The maximum Gasteiger partial charge on any atom is 0.237 e. The van der Waals surface area contributed by atoms with Crippen molar-refractivity contribution in [3.05, 3.63) is 65.7 Å². The van der Waals surface area contributed by atoms with Gasteiger partial charge in [-0.2, -0.15) is 0 Å². The molecule has 156 valence electrons. The first kappa shape index (κ1) is 21.6. The number of amides is 1. The molecule has 0 radical (unpaired) electrons. The van der Waals surface area contributed by atoms with Crippen molar-refractivity contribution in [2.75, 3.05) is 33.3 Å². The molecule has 4 rings (SSSR count). The molecule has 1 atom stereocenters. The summed E-state index contributed by atoms with van der Waals surface area (Å²) in [6, 6.07) is 19.0. The Bertz CT molecular complexity index is 798. The van der Waals surface area contributed by atoms with Gasteiger partial charge in [0.15, 0.2) is 0 Å². The van der Waals surface area contributed by atoms with Crippen LogP contribution in [0.2, 0.25) is 0 Å². The number of rotatable bonds is 7. The number of nitrogens with one attached hydrogen (secondary N) is 1. The van der Waals surface area contributed by atoms with E-state index in [0.29, 0.717) is 19.1 Å². The van der Waals surface area contributed by atoms with Gasteiger partial charge in [0.25, 0.3) is 0 Å². The Morgan fingerprint density at radius 2 is 1.86 bits per heavy atom. The lowest BCUT2D eigenvalue weighted by Crippen LogP contribution is -2.50. The van der Waals surface area contributed by atoms with Gasteiger partial charge in [0, 0.05) is 37.8 Å². The number of ether oxygens (including phenoxy) is 1. The van der Waals surface area contributed by atoms with Crippen LogP contribution in [0.15, 0.2) is 54.6 Å². The third-order valence-electron chi connectivity index (χ3n) is 5.69. The molecule has 1 saturated heterocycles. The highest BCUT2D eigenvalue weighted by atomic mass is 35.5. The van der Waals surface area contributed by atoms with E-state index in [-0.39, 0.29) is 24.4 Å². The van der Waals surface area contributed by atoms with Gasteiger partial charge in [0.05, 0.1) is 19.7 Å². The highest BCUT2D eigenvalue weighted by Crippen LogP contribution is 2.32. The van der Waals surface area contributed by atoms with Gasteiger partial charge in [-0.25, -0.2) is 0 Å². The summed E-state index contributed by atoms with van der Waals surface area (Å²) in [5.41, 5.74) is 2.34. The highest BCUT2D eigenvalue weighted by molar-refractivity contribution is 5.85. The summed E-state index contributed by atoms with van der Waals surface area (Å²) < 4.78 is 5.58. The Morgan fingerprint density at radius 1 is 1.14 bits per heavy atom. The zero-order valence-electron chi connectivity index (χ0n) is 16.9. The molecule has 2 aromatic rings. The fraction of sp³-hybridized carbons (Fsp3) is 0.435. The number of para-hydroxylation sites is 1. The summed E-state index contributed by atoms with van der Waals surface area (Å²) >= 11 is 0. The largest absolute Gasteiger partial charge is 0.496 e. The molecule has 29 heavy (non-hydrogen) atoms. The van der Waals surface area contributed by atoms with E-state index in [0.717, 1.165) is 43.8 Å². The van der Waals surface area contributed by atoms with E-state index >= 15 is 0 Å². The fourth-order valence-electron chi connectivity index (χ4n) is 4.04. The minimum Gasteiger partial charge on any atom is -0.496 e. The maximum atomic E-state index is 13.3. The van der Waals surface area contributed by atoms with Gasteiger partial charge >= 0.3 is 0 Å². The summed E-state index contributed by atoms with van der Waals surface area (Å²) in [5, 5.41) is 3.47.